The van der Waals surface area contributed by atoms with Gasteiger partial charge in [-0.15, -0.1) is 0 Å². The summed E-state index contributed by atoms with van der Waals surface area (Å²) in [7, 11) is 0. The van der Waals surface area contributed by atoms with Crippen molar-refractivity contribution in [2.24, 2.45) is 5.73 Å². The molecule has 1 heterocycles. The minimum Gasteiger partial charge on any atom is -0.378 e. The molecule has 1 aromatic heterocycles. The number of rotatable bonds is 3. The standard InChI is InChI=1S/C8H13N3O2/c1-2-12-6-3-8(9,4-6)7-10-5-13-11-7/h5-6H,2-4,9H2,1H3. The predicted octanol–water partition coefficient (Wildman–Crippen LogP) is 0.422. The van der Waals surface area contributed by atoms with Gasteiger partial charge in [0.2, 0.25) is 6.39 Å². The highest BCUT2D eigenvalue weighted by Crippen LogP contribution is 2.38. The van der Waals surface area contributed by atoms with Gasteiger partial charge in [0, 0.05) is 6.61 Å². The summed E-state index contributed by atoms with van der Waals surface area (Å²) in [6.07, 6.45) is 3.12. The van der Waals surface area contributed by atoms with Crippen molar-refractivity contribution >= 4 is 0 Å². The van der Waals surface area contributed by atoms with Crippen LogP contribution in [0.15, 0.2) is 10.9 Å². The summed E-state index contributed by atoms with van der Waals surface area (Å²) < 4.78 is 10.1. The Morgan fingerprint density at radius 2 is 2.54 bits per heavy atom. The van der Waals surface area contributed by atoms with E-state index in [-0.39, 0.29) is 6.10 Å². The Hall–Kier alpha value is -0.940. The lowest BCUT2D eigenvalue weighted by atomic mass is 9.74. The van der Waals surface area contributed by atoms with Crippen LogP contribution in [0.25, 0.3) is 0 Å². The molecule has 5 heteroatoms. The van der Waals surface area contributed by atoms with Gasteiger partial charge >= 0.3 is 0 Å². The molecule has 0 aliphatic heterocycles. The van der Waals surface area contributed by atoms with E-state index >= 15 is 0 Å². The highest BCUT2D eigenvalue weighted by atomic mass is 16.5. The van der Waals surface area contributed by atoms with Crippen LogP contribution in [0.1, 0.15) is 25.6 Å². The van der Waals surface area contributed by atoms with Gasteiger partial charge in [0.05, 0.1) is 11.6 Å². The monoisotopic (exact) mass is 183 g/mol. The molecule has 5 nitrogen and oxygen atoms in total. The normalized spacial score (nSPS) is 32.9. The maximum Gasteiger partial charge on any atom is 0.213 e. The molecule has 0 atom stereocenters. The summed E-state index contributed by atoms with van der Waals surface area (Å²) in [5, 5.41) is 3.74. The van der Waals surface area contributed by atoms with Crippen molar-refractivity contribution in [1.29, 1.82) is 0 Å². The van der Waals surface area contributed by atoms with Crippen LogP contribution in [0.3, 0.4) is 0 Å². The molecule has 0 amide bonds. The van der Waals surface area contributed by atoms with Gasteiger partial charge in [-0.2, -0.15) is 4.98 Å². The molecule has 2 N–H and O–H groups in total. The van der Waals surface area contributed by atoms with Crippen LogP contribution in [-0.4, -0.2) is 22.9 Å². The molecule has 72 valence electrons. The first kappa shape index (κ1) is 8.65. The van der Waals surface area contributed by atoms with Gasteiger partial charge in [-0.05, 0) is 19.8 Å². The van der Waals surface area contributed by atoms with Crippen molar-refractivity contribution in [3.05, 3.63) is 12.2 Å². The maximum atomic E-state index is 6.02. The third-order valence-electron chi connectivity index (χ3n) is 2.39. The number of nitrogens with two attached hydrogens (primary N) is 1. The van der Waals surface area contributed by atoms with Gasteiger partial charge in [0.25, 0.3) is 0 Å². The second-order valence-electron chi connectivity index (χ2n) is 3.40. The van der Waals surface area contributed by atoms with Gasteiger partial charge in [-0.1, -0.05) is 5.16 Å². The second-order valence-corrected chi connectivity index (χ2v) is 3.40. The number of nitrogens with zero attached hydrogens (tertiary/aromatic N) is 2. The fourth-order valence-electron chi connectivity index (χ4n) is 1.68. The molecular weight excluding hydrogens is 170 g/mol. The number of ether oxygens (including phenoxy) is 1. The SMILES string of the molecule is CCOC1CC(N)(c2ncon2)C1. The summed E-state index contributed by atoms with van der Waals surface area (Å²) in [5.74, 6) is 0.587. The van der Waals surface area contributed by atoms with E-state index in [2.05, 4.69) is 14.7 Å². The molecule has 2 rings (SSSR count). The summed E-state index contributed by atoms with van der Waals surface area (Å²) in [4.78, 5) is 3.95. The van der Waals surface area contributed by atoms with Gasteiger partial charge < -0.3 is 15.0 Å². The molecule has 0 radical (unpaired) electrons. The van der Waals surface area contributed by atoms with Gasteiger partial charge in [0.1, 0.15) is 0 Å². The molecule has 0 saturated heterocycles. The number of aromatic nitrogens is 2. The van der Waals surface area contributed by atoms with E-state index in [0.29, 0.717) is 5.82 Å². The zero-order chi connectivity index (χ0) is 9.31. The average Bonchev–Trinajstić information content (AvgIpc) is 2.53. The van der Waals surface area contributed by atoms with E-state index in [4.69, 9.17) is 10.5 Å². The zero-order valence-corrected chi connectivity index (χ0v) is 7.56. The van der Waals surface area contributed by atoms with Crippen LogP contribution < -0.4 is 5.73 Å². The van der Waals surface area contributed by atoms with Gasteiger partial charge in [0.15, 0.2) is 5.82 Å². The smallest absolute Gasteiger partial charge is 0.213 e. The number of hydrogen-bond acceptors (Lipinski definition) is 5. The highest BCUT2D eigenvalue weighted by molar-refractivity contribution is 5.10. The van der Waals surface area contributed by atoms with Gasteiger partial charge in [-0.25, -0.2) is 0 Å². The molecule has 1 aliphatic carbocycles. The predicted molar refractivity (Wildman–Crippen MR) is 44.8 cm³/mol. The van der Waals surface area contributed by atoms with Crippen molar-refractivity contribution in [3.8, 4) is 0 Å². The van der Waals surface area contributed by atoms with Crippen LogP contribution >= 0.6 is 0 Å². The van der Waals surface area contributed by atoms with E-state index in [0.717, 1.165) is 19.4 Å². The van der Waals surface area contributed by atoms with E-state index in [1.165, 1.54) is 6.39 Å². The zero-order valence-electron chi connectivity index (χ0n) is 7.56. The largest absolute Gasteiger partial charge is 0.378 e. The highest BCUT2D eigenvalue weighted by Gasteiger charge is 2.46. The van der Waals surface area contributed by atoms with Crippen molar-refractivity contribution in [2.45, 2.75) is 31.4 Å². The fourth-order valence-corrected chi connectivity index (χ4v) is 1.68. The molecule has 0 unspecified atom stereocenters. The van der Waals surface area contributed by atoms with Crippen molar-refractivity contribution in [3.63, 3.8) is 0 Å². The fraction of sp³-hybridized carbons (Fsp3) is 0.750. The Labute approximate surface area is 76.3 Å². The van der Waals surface area contributed by atoms with Crippen LogP contribution in [0.2, 0.25) is 0 Å². The van der Waals surface area contributed by atoms with Crippen LogP contribution in [0.4, 0.5) is 0 Å². The molecule has 1 aromatic rings. The lowest BCUT2D eigenvalue weighted by molar-refractivity contribution is -0.0426. The Morgan fingerprint density at radius 3 is 3.08 bits per heavy atom. The van der Waals surface area contributed by atoms with E-state index in [1.807, 2.05) is 6.92 Å². The van der Waals surface area contributed by atoms with E-state index in [9.17, 15) is 0 Å². The second kappa shape index (κ2) is 3.08. The van der Waals surface area contributed by atoms with Gasteiger partial charge in [-0.3, -0.25) is 0 Å². The summed E-state index contributed by atoms with van der Waals surface area (Å²) in [6, 6.07) is 0. The third-order valence-corrected chi connectivity index (χ3v) is 2.39. The number of hydrogen-bond donors (Lipinski definition) is 1. The van der Waals surface area contributed by atoms with Crippen LogP contribution in [0.5, 0.6) is 0 Å². The third kappa shape index (κ3) is 1.45. The first-order valence-electron chi connectivity index (χ1n) is 4.42. The van der Waals surface area contributed by atoms with Crippen molar-refractivity contribution < 1.29 is 9.26 Å². The summed E-state index contributed by atoms with van der Waals surface area (Å²) in [6.45, 7) is 2.71. The Balaban J connectivity index is 1.96. The van der Waals surface area contributed by atoms with Crippen molar-refractivity contribution in [2.75, 3.05) is 6.61 Å². The average molecular weight is 183 g/mol. The Morgan fingerprint density at radius 1 is 1.77 bits per heavy atom. The Kier molecular flexibility index (Phi) is 2.05. The maximum absolute atomic E-state index is 6.02. The molecule has 0 aromatic carbocycles. The van der Waals surface area contributed by atoms with Crippen molar-refractivity contribution in [1.82, 2.24) is 10.1 Å². The van der Waals surface area contributed by atoms with E-state index < -0.39 is 5.54 Å². The molecule has 0 spiro atoms. The minimum absolute atomic E-state index is 0.258. The first-order chi connectivity index (χ1) is 6.24. The lowest BCUT2D eigenvalue weighted by Gasteiger charge is -2.41. The topological polar surface area (TPSA) is 74.2 Å². The lowest BCUT2D eigenvalue weighted by Crippen LogP contribution is -2.53. The van der Waals surface area contributed by atoms with Crippen LogP contribution in [0, 0.1) is 0 Å². The molecular formula is C8H13N3O2. The molecule has 1 saturated carbocycles. The minimum atomic E-state index is -0.424. The molecule has 1 aliphatic rings. The quantitative estimate of drug-likeness (QED) is 0.735. The van der Waals surface area contributed by atoms with Crippen LogP contribution in [-0.2, 0) is 10.3 Å². The molecule has 0 bridgehead atoms. The Bertz CT molecular complexity index is 267. The summed E-state index contributed by atoms with van der Waals surface area (Å²) in [5.41, 5.74) is 5.60. The van der Waals surface area contributed by atoms with E-state index in [1.54, 1.807) is 0 Å². The summed E-state index contributed by atoms with van der Waals surface area (Å²) >= 11 is 0. The molecule has 13 heavy (non-hydrogen) atoms. The first-order valence-corrected chi connectivity index (χ1v) is 4.42. The molecule has 1 fully saturated rings.